The molecule has 2 aliphatic rings. The quantitative estimate of drug-likeness (QED) is 0.678. The van der Waals surface area contributed by atoms with Crippen LogP contribution in [0.1, 0.15) is 46.5 Å². The minimum atomic E-state index is -1.02. The Hall–Kier alpha value is -1.63. The van der Waals surface area contributed by atoms with E-state index in [2.05, 4.69) is 17.1 Å². The van der Waals surface area contributed by atoms with Gasteiger partial charge in [0.05, 0.1) is 5.92 Å². The number of amides is 2. The molecule has 2 N–H and O–H groups in total. The van der Waals surface area contributed by atoms with E-state index in [1.165, 1.54) is 0 Å². The van der Waals surface area contributed by atoms with Crippen molar-refractivity contribution < 1.29 is 19.5 Å². The summed E-state index contributed by atoms with van der Waals surface area (Å²) in [4.78, 5) is 40.3. The smallest absolute Gasteiger partial charge is 0.326 e. The first-order chi connectivity index (χ1) is 11.9. The van der Waals surface area contributed by atoms with E-state index in [-0.39, 0.29) is 24.2 Å². The molecule has 0 radical (unpaired) electrons. The van der Waals surface area contributed by atoms with Crippen molar-refractivity contribution in [3.05, 3.63) is 0 Å². The molecular formula is C18H31N3O4. The van der Waals surface area contributed by atoms with Crippen LogP contribution in [-0.4, -0.2) is 71.0 Å². The molecule has 0 saturated carbocycles. The summed E-state index contributed by atoms with van der Waals surface area (Å²) in [5.74, 6) is -1.93. The Morgan fingerprint density at radius 1 is 1.36 bits per heavy atom. The van der Waals surface area contributed by atoms with Crippen LogP contribution in [0.3, 0.4) is 0 Å². The minimum Gasteiger partial charge on any atom is -0.480 e. The van der Waals surface area contributed by atoms with Crippen molar-refractivity contribution in [1.82, 2.24) is 15.1 Å². The minimum absolute atomic E-state index is 0.00137. The monoisotopic (exact) mass is 353 g/mol. The van der Waals surface area contributed by atoms with E-state index >= 15 is 0 Å². The molecule has 0 aromatic carbocycles. The Labute approximate surface area is 149 Å². The number of hydrogen-bond donors (Lipinski definition) is 2. The van der Waals surface area contributed by atoms with Gasteiger partial charge in [0.15, 0.2) is 0 Å². The number of carboxylic acid groups (broad SMARTS) is 1. The normalized spacial score (nSPS) is 26.7. The lowest BCUT2D eigenvalue weighted by Gasteiger charge is -2.28. The number of hydrogen-bond acceptors (Lipinski definition) is 4. The number of carbonyl (C=O) groups is 3. The molecule has 0 aliphatic carbocycles. The molecule has 2 amide bonds. The van der Waals surface area contributed by atoms with Crippen LogP contribution in [-0.2, 0) is 14.4 Å². The van der Waals surface area contributed by atoms with Crippen LogP contribution >= 0.6 is 0 Å². The number of aliphatic carboxylic acids is 1. The van der Waals surface area contributed by atoms with Crippen molar-refractivity contribution >= 4 is 17.8 Å². The van der Waals surface area contributed by atoms with Gasteiger partial charge in [-0.3, -0.25) is 14.5 Å². The molecule has 142 valence electrons. The lowest BCUT2D eigenvalue weighted by Crippen LogP contribution is -2.48. The first-order valence-electron chi connectivity index (χ1n) is 9.42. The zero-order valence-electron chi connectivity index (χ0n) is 15.5. The van der Waals surface area contributed by atoms with Gasteiger partial charge in [-0.15, -0.1) is 0 Å². The van der Waals surface area contributed by atoms with Gasteiger partial charge in [0, 0.05) is 25.6 Å². The number of carbonyl (C=O) groups excluding carboxylic acids is 2. The standard InChI is InChI=1S/C18H31N3O4/c1-4-12(3)16(18(24)25)19-17(23)13-9-15(22)21(10-13)11-14-7-6-8-20(14)5-2/h12-14,16H,4-11H2,1-3H3,(H,19,23)(H,24,25)/t12-,13?,14?,16-/m0/s1. The number of carboxylic acids is 1. The lowest BCUT2D eigenvalue weighted by molar-refractivity contribution is -0.143. The van der Waals surface area contributed by atoms with E-state index in [4.69, 9.17) is 0 Å². The van der Waals surface area contributed by atoms with Crippen molar-refractivity contribution in [3.8, 4) is 0 Å². The molecular weight excluding hydrogens is 322 g/mol. The van der Waals surface area contributed by atoms with Crippen LogP contribution in [0.15, 0.2) is 0 Å². The summed E-state index contributed by atoms with van der Waals surface area (Å²) >= 11 is 0. The molecule has 0 bridgehead atoms. The van der Waals surface area contributed by atoms with Crippen molar-refractivity contribution in [2.24, 2.45) is 11.8 Å². The average Bonchev–Trinajstić information content (AvgIpc) is 3.18. The summed E-state index contributed by atoms with van der Waals surface area (Å²) in [6.45, 7) is 8.95. The maximum Gasteiger partial charge on any atom is 0.326 e. The summed E-state index contributed by atoms with van der Waals surface area (Å²) < 4.78 is 0. The molecule has 25 heavy (non-hydrogen) atoms. The molecule has 2 heterocycles. The van der Waals surface area contributed by atoms with Gasteiger partial charge in [-0.1, -0.05) is 27.2 Å². The van der Waals surface area contributed by atoms with Crippen LogP contribution in [0, 0.1) is 11.8 Å². The Balaban J connectivity index is 1.92. The van der Waals surface area contributed by atoms with Gasteiger partial charge in [0.2, 0.25) is 11.8 Å². The second-order valence-electron chi connectivity index (χ2n) is 7.33. The molecule has 7 heteroatoms. The van der Waals surface area contributed by atoms with Crippen molar-refractivity contribution in [2.45, 2.75) is 58.5 Å². The van der Waals surface area contributed by atoms with E-state index in [1.807, 2.05) is 13.8 Å². The van der Waals surface area contributed by atoms with Crippen LogP contribution < -0.4 is 5.32 Å². The second kappa shape index (κ2) is 8.65. The summed E-state index contributed by atoms with van der Waals surface area (Å²) in [7, 11) is 0. The number of nitrogens with one attached hydrogen (secondary N) is 1. The van der Waals surface area contributed by atoms with Crippen LogP contribution in [0.2, 0.25) is 0 Å². The van der Waals surface area contributed by atoms with Gasteiger partial charge >= 0.3 is 5.97 Å². The van der Waals surface area contributed by atoms with E-state index in [9.17, 15) is 19.5 Å². The zero-order chi connectivity index (χ0) is 18.6. The zero-order valence-corrected chi connectivity index (χ0v) is 15.5. The van der Waals surface area contributed by atoms with Crippen molar-refractivity contribution in [3.63, 3.8) is 0 Å². The lowest BCUT2D eigenvalue weighted by atomic mass is 9.98. The molecule has 2 rings (SSSR count). The van der Waals surface area contributed by atoms with E-state index in [1.54, 1.807) is 4.90 Å². The highest BCUT2D eigenvalue weighted by Crippen LogP contribution is 2.23. The van der Waals surface area contributed by atoms with Gasteiger partial charge in [-0.2, -0.15) is 0 Å². The average molecular weight is 353 g/mol. The molecule has 0 spiro atoms. The topological polar surface area (TPSA) is 90.0 Å². The van der Waals surface area contributed by atoms with Crippen LogP contribution in [0.5, 0.6) is 0 Å². The molecule has 7 nitrogen and oxygen atoms in total. The summed E-state index contributed by atoms with van der Waals surface area (Å²) in [6, 6.07) is -0.519. The van der Waals surface area contributed by atoms with Gasteiger partial charge in [0.25, 0.3) is 0 Å². The summed E-state index contributed by atoms with van der Waals surface area (Å²) in [5.41, 5.74) is 0. The van der Waals surface area contributed by atoms with Crippen molar-refractivity contribution in [2.75, 3.05) is 26.2 Å². The third-order valence-corrected chi connectivity index (χ3v) is 5.70. The Bertz CT molecular complexity index is 511. The number of likely N-dealkylation sites (N-methyl/N-ethyl adjacent to an activating group) is 1. The SMILES string of the molecule is CC[C@H](C)[C@H](NC(=O)C1CC(=O)N(CC2CCCN2CC)C1)C(=O)O. The molecule has 2 saturated heterocycles. The highest BCUT2D eigenvalue weighted by atomic mass is 16.4. The third kappa shape index (κ3) is 4.71. The molecule has 0 aromatic heterocycles. The third-order valence-electron chi connectivity index (χ3n) is 5.70. The number of rotatable bonds is 8. The molecule has 2 unspecified atom stereocenters. The predicted octanol–water partition coefficient (Wildman–Crippen LogP) is 0.935. The van der Waals surface area contributed by atoms with E-state index in [0.29, 0.717) is 25.6 Å². The van der Waals surface area contributed by atoms with Crippen LogP contribution in [0.25, 0.3) is 0 Å². The molecule has 4 atom stereocenters. The van der Waals surface area contributed by atoms with E-state index < -0.39 is 17.9 Å². The molecule has 2 fully saturated rings. The van der Waals surface area contributed by atoms with Gasteiger partial charge in [-0.25, -0.2) is 4.79 Å². The molecule has 2 aliphatic heterocycles. The van der Waals surface area contributed by atoms with Gasteiger partial charge in [-0.05, 0) is 31.8 Å². The van der Waals surface area contributed by atoms with E-state index in [0.717, 1.165) is 25.9 Å². The summed E-state index contributed by atoms with van der Waals surface area (Å²) in [5, 5.41) is 12.0. The Morgan fingerprint density at radius 3 is 2.68 bits per heavy atom. The first-order valence-corrected chi connectivity index (χ1v) is 9.42. The predicted molar refractivity (Wildman–Crippen MR) is 94.0 cm³/mol. The number of likely N-dealkylation sites (tertiary alicyclic amines) is 2. The fraction of sp³-hybridized carbons (Fsp3) is 0.833. The highest BCUT2D eigenvalue weighted by molar-refractivity contribution is 5.91. The molecule has 0 aromatic rings. The Kier molecular flexibility index (Phi) is 6.81. The fourth-order valence-corrected chi connectivity index (χ4v) is 3.85. The summed E-state index contributed by atoms with van der Waals surface area (Å²) in [6.07, 6.45) is 3.09. The highest BCUT2D eigenvalue weighted by Gasteiger charge is 2.38. The second-order valence-corrected chi connectivity index (χ2v) is 7.33. The maximum atomic E-state index is 12.5. The van der Waals surface area contributed by atoms with Crippen molar-refractivity contribution in [1.29, 1.82) is 0 Å². The maximum absolute atomic E-state index is 12.5. The van der Waals surface area contributed by atoms with Gasteiger partial charge < -0.3 is 15.3 Å². The fourth-order valence-electron chi connectivity index (χ4n) is 3.85. The van der Waals surface area contributed by atoms with Crippen LogP contribution in [0.4, 0.5) is 0 Å². The number of nitrogens with zero attached hydrogens (tertiary/aromatic N) is 2. The Morgan fingerprint density at radius 2 is 2.08 bits per heavy atom. The largest absolute Gasteiger partial charge is 0.480 e. The first kappa shape index (κ1) is 19.7. The van der Waals surface area contributed by atoms with Gasteiger partial charge in [0.1, 0.15) is 6.04 Å².